The third-order valence-corrected chi connectivity index (χ3v) is 4.94. The number of para-hydroxylation sites is 1. The number of carbonyl (C=O) groups is 1. The van der Waals surface area contributed by atoms with Crippen LogP contribution in [0.5, 0.6) is 0 Å². The van der Waals surface area contributed by atoms with E-state index in [1.807, 2.05) is 17.1 Å². The highest BCUT2D eigenvalue weighted by Crippen LogP contribution is 2.26. The van der Waals surface area contributed by atoms with Gasteiger partial charge in [0.2, 0.25) is 0 Å². The number of hydrazine groups is 1. The standard InChI is InChI=1S/C19H28N4O/c1-4-5-10-23-17-9-7-6-8-16(17)15(2)18(23)19(24)20-22-13-11-21(3)12-14-22/h6-9H,4-5,10-14H2,1-3H3,(H,20,24). The Bertz CT molecular complexity index is 713. The number of piperazine rings is 1. The van der Waals surface area contributed by atoms with Crippen molar-refractivity contribution in [3.8, 4) is 0 Å². The minimum absolute atomic E-state index is 0.0179. The van der Waals surface area contributed by atoms with Crippen LogP contribution in [-0.4, -0.2) is 53.6 Å². The molecule has 3 rings (SSSR count). The summed E-state index contributed by atoms with van der Waals surface area (Å²) < 4.78 is 2.19. The summed E-state index contributed by atoms with van der Waals surface area (Å²) in [5.41, 5.74) is 6.17. The normalized spacial score (nSPS) is 16.6. The van der Waals surface area contributed by atoms with Crippen molar-refractivity contribution in [3.63, 3.8) is 0 Å². The molecule has 1 aromatic heterocycles. The number of nitrogens with zero attached hydrogens (tertiary/aromatic N) is 3. The van der Waals surface area contributed by atoms with E-state index in [1.165, 1.54) is 5.39 Å². The molecular formula is C19H28N4O. The van der Waals surface area contributed by atoms with Gasteiger partial charge in [0.1, 0.15) is 5.69 Å². The van der Waals surface area contributed by atoms with E-state index >= 15 is 0 Å². The van der Waals surface area contributed by atoms with Crippen molar-refractivity contribution in [2.75, 3.05) is 33.2 Å². The molecule has 0 unspecified atom stereocenters. The lowest BCUT2D eigenvalue weighted by molar-refractivity contribution is 0.0653. The fourth-order valence-electron chi connectivity index (χ4n) is 3.43. The molecule has 1 aromatic carbocycles. The smallest absolute Gasteiger partial charge is 0.282 e. The Balaban J connectivity index is 1.89. The summed E-state index contributed by atoms with van der Waals surface area (Å²) in [5, 5.41) is 3.22. The van der Waals surface area contributed by atoms with Crippen LogP contribution in [0.3, 0.4) is 0 Å². The molecule has 1 fully saturated rings. The van der Waals surface area contributed by atoms with Crippen LogP contribution < -0.4 is 5.43 Å². The lowest BCUT2D eigenvalue weighted by Crippen LogP contribution is -2.52. The minimum Gasteiger partial charge on any atom is -0.336 e. The van der Waals surface area contributed by atoms with Crippen molar-refractivity contribution < 1.29 is 4.79 Å². The zero-order valence-corrected chi connectivity index (χ0v) is 15.0. The van der Waals surface area contributed by atoms with Gasteiger partial charge in [-0.05, 0) is 32.0 Å². The number of nitrogens with one attached hydrogen (secondary N) is 1. The number of carbonyl (C=O) groups excluding carboxylic acids is 1. The van der Waals surface area contributed by atoms with Gasteiger partial charge in [-0.25, -0.2) is 5.01 Å². The number of rotatable bonds is 5. The summed E-state index contributed by atoms with van der Waals surface area (Å²) in [6, 6.07) is 8.32. The molecule has 5 nitrogen and oxygen atoms in total. The molecule has 1 N–H and O–H groups in total. The Kier molecular flexibility index (Phi) is 5.21. The van der Waals surface area contributed by atoms with Gasteiger partial charge in [-0.1, -0.05) is 31.5 Å². The van der Waals surface area contributed by atoms with Crippen molar-refractivity contribution in [1.82, 2.24) is 19.9 Å². The van der Waals surface area contributed by atoms with Gasteiger partial charge in [-0.3, -0.25) is 10.2 Å². The average Bonchev–Trinajstić information content (AvgIpc) is 2.88. The second-order valence-corrected chi connectivity index (χ2v) is 6.73. The number of amides is 1. The predicted molar refractivity (Wildman–Crippen MR) is 98.1 cm³/mol. The lowest BCUT2D eigenvalue weighted by atomic mass is 10.1. The first-order chi connectivity index (χ1) is 11.6. The van der Waals surface area contributed by atoms with Gasteiger partial charge in [-0.2, -0.15) is 0 Å². The van der Waals surface area contributed by atoms with Crippen molar-refractivity contribution >= 4 is 16.8 Å². The van der Waals surface area contributed by atoms with Gasteiger partial charge in [0.25, 0.3) is 5.91 Å². The second kappa shape index (κ2) is 7.36. The molecule has 0 saturated carbocycles. The Morgan fingerprint density at radius 1 is 1.17 bits per heavy atom. The quantitative estimate of drug-likeness (QED) is 0.917. The van der Waals surface area contributed by atoms with Crippen LogP contribution in [0.2, 0.25) is 0 Å². The highest BCUT2D eigenvalue weighted by Gasteiger charge is 2.22. The predicted octanol–water partition coefficient (Wildman–Crippen LogP) is 2.64. The molecule has 0 bridgehead atoms. The number of likely N-dealkylation sites (N-methyl/N-ethyl adjacent to an activating group) is 1. The van der Waals surface area contributed by atoms with Crippen LogP contribution >= 0.6 is 0 Å². The third kappa shape index (κ3) is 3.32. The van der Waals surface area contributed by atoms with E-state index < -0.39 is 0 Å². The average molecular weight is 328 g/mol. The van der Waals surface area contributed by atoms with Crippen molar-refractivity contribution in [1.29, 1.82) is 0 Å². The van der Waals surface area contributed by atoms with Crippen LogP contribution in [0.25, 0.3) is 10.9 Å². The fourth-order valence-corrected chi connectivity index (χ4v) is 3.43. The first kappa shape index (κ1) is 17.0. The van der Waals surface area contributed by atoms with Gasteiger partial charge in [0, 0.05) is 43.6 Å². The number of unbranched alkanes of at least 4 members (excludes halogenated alkanes) is 1. The molecular weight excluding hydrogens is 300 g/mol. The van der Waals surface area contributed by atoms with E-state index in [4.69, 9.17) is 0 Å². The van der Waals surface area contributed by atoms with Gasteiger partial charge in [0.05, 0.1) is 0 Å². The molecule has 2 aromatic rings. The maximum Gasteiger partial charge on any atom is 0.282 e. The maximum absolute atomic E-state index is 13.0. The minimum atomic E-state index is 0.0179. The largest absolute Gasteiger partial charge is 0.336 e. The number of aromatic nitrogens is 1. The molecule has 0 aliphatic carbocycles. The number of aryl methyl sites for hydroxylation is 2. The van der Waals surface area contributed by atoms with E-state index in [1.54, 1.807) is 0 Å². The van der Waals surface area contributed by atoms with Crippen molar-refractivity contribution in [2.24, 2.45) is 0 Å². The van der Waals surface area contributed by atoms with Crippen LogP contribution in [0, 0.1) is 6.92 Å². The lowest BCUT2D eigenvalue weighted by Gasteiger charge is -2.32. The molecule has 0 atom stereocenters. The topological polar surface area (TPSA) is 40.5 Å². The van der Waals surface area contributed by atoms with Crippen LogP contribution in [0.1, 0.15) is 35.8 Å². The van der Waals surface area contributed by atoms with E-state index in [9.17, 15) is 4.79 Å². The molecule has 1 saturated heterocycles. The highest BCUT2D eigenvalue weighted by atomic mass is 16.2. The van der Waals surface area contributed by atoms with E-state index in [-0.39, 0.29) is 5.91 Å². The van der Waals surface area contributed by atoms with E-state index in [0.717, 1.165) is 62.3 Å². The highest BCUT2D eigenvalue weighted by molar-refractivity contribution is 6.01. The Morgan fingerprint density at radius 3 is 2.58 bits per heavy atom. The van der Waals surface area contributed by atoms with Gasteiger partial charge in [0.15, 0.2) is 0 Å². The first-order valence-electron chi connectivity index (χ1n) is 8.94. The molecule has 1 aliphatic heterocycles. The fraction of sp³-hybridized carbons (Fsp3) is 0.526. The number of fused-ring (bicyclic) bond motifs is 1. The summed E-state index contributed by atoms with van der Waals surface area (Å²) in [6.45, 7) is 8.84. The number of hydrogen-bond acceptors (Lipinski definition) is 3. The zero-order chi connectivity index (χ0) is 17.1. The molecule has 0 spiro atoms. The Hall–Kier alpha value is -1.85. The van der Waals surface area contributed by atoms with E-state index in [0.29, 0.717) is 0 Å². The summed E-state index contributed by atoms with van der Waals surface area (Å²) in [4.78, 5) is 15.3. The van der Waals surface area contributed by atoms with Crippen molar-refractivity contribution in [3.05, 3.63) is 35.5 Å². The molecule has 24 heavy (non-hydrogen) atoms. The summed E-state index contributed by atoms with van der Waals surface area (Å²) in [5.74, 6) is 0.0179. The Labute approximate surface area is 144 Å². The van der Waals surface area contributed by atoms with E-state index in [2.05, 4.69) is 47.9 Å². The molecule has 2 heterocycles. The monoisotopic (exact) mass is 328 g/mol. The Morgan fingerprint density at radius 2 is 1.88 bits per heavy atom. The summed E-state index contributed by atoms with van der Waals surface area (Å²) >= 11 is 0. The van der Waals surface area contributed by atoms with Crippen molar-refractivity contribution in [2.45, 2.75) is 33.2 Å². The molecule has 5 heteroatoms. The molecule has 1 amide bonds. The van der Waals surface area contributed by atoms with Gasteiger partial charge >= 0.3 is 0 Å². The molecule has 1 aliphatic rings. The number of benzene rings is 1. The van der Waals surface area contributed by atoms with Gasteiger partial charge in [-0.15, -0.1) is 0 Å². The zero-order valence-electron chi connectivity index (χ0n) is 15.0. The second-order valence-electron chi connectivity index (χ2n) is 6.73. The van der Waals surface area contributed by atoms with Crippen LogP contribution in [0.15, 0.2) is 24.3 Å². The SMILES string of the molecule is CCCCn1c(C(=O)NN2CCN(C)CC2)c(C)c2ccccc21. The maximum atomic E-state index is 13.0. The van der Waals surface area contributed by atoms with Gasteiger partial charge < -0.3 is 9.47 Å². The third-order valence-electron chi connectivity index (χ3n) is 4.94. The summed E-state index contributed by atoms with van der Waals surface area (Å²) in [7, 11) is 2.12. The molecule has 130 valence electrons. The van der Waals surface area contributed by atoms with Crippen LogP contribution in [0.4, 0.5) is 0 Å². The number of hydrogen-bond donors (Lipinski definition) is 1. The molecule has 0 radical (unpaired) electrons. The summed E-state index contributed by atoms with van der Waals surface area (Å²) in [6.07, 6.45) is 2.19. The van der Waals surface area contributed by atoms with Crippen LogP contribution in [-0.2, 0) is 6.54 Å². The first-order valence-corrected chi connectivity index (χ1v) is 8.94.